The van der Waals surface area contributed by atoms with E-state index in [4.69, 9.17) is 9.15 Å². The predicted molar refractivity (Wildman–Crippen MR) is 94.9 cm³/mol. The van der Waals surface area contributed by atoms with Gasteiger partial charge >= 0.3 is 11.8 Å². The van der Waals surface area contributed by atoms with Crippen LogP contribution in [0.4, 0.5) is 13.2 Å². The highest BCUT2D eigenvalue weighted by atomic mass is 19.4. The maximum atomic E-state index is 12.8. The van der Waals surface area contributed by atoms with Crippen LogP contribution in [-0.4, -0.2) is 0 Å². The molecule has 0 bridgehead atoms. The number of ether oxygens (including phenoxy) is 1. The molecule has 0 saturated carbocycles. The van der Waals surface area contributed by atoms with Crippen LogP contribution in [-0.2, 0) is 25.6 Å². The van der Waals surface area contributed by atoms with Gasteiger partial charge in [-0.3, -0.25) is 0 Å². The SMILES string of the molecule is O=c1oc2cc(OCc3cccc(C(F)(F)F)c3)ccc2c2c1CCCC2. The summed E-state index contributed by atoms with van der Waals surface area (Å²) >= 11 is 0. The van der Waals surface area contributed by atoms with Gasteiger partial charge in [-0.1, -0.05) is 12.1 Å². The average molecular weight is 374 g/mol. The second-order valence-electron chi connectivity index (χ2n) is 6.70. The smallest absolute Gasteiger partial charge is 0.416 e. The van der Waals surface area contributed by atoms with Crippen LogP contribution < -0.4 is 10.4 Å². The van der Waals surface area contributed by atoms with Gasteiger partial charge in [-0.05, 0) is 61.1 Å². The van der Waals surface area contributed by atoms with Crippen molar-refractivity contribution in [1.82, 2.24) is 0 Å². The molecule has 3 aromatic rings. The highest BCUT2D eigenvalue weighted by molar-refractivity contribution is 5.82. The lowest BCUT2D eigenvalue weighted by Crippen LogP contribution is -2.15. The van der Waals surface area contributed by atoms with E-state index in [9.17, 15) is 18.0 Å². The number of benzene rings is 2. The van der Waals surface area contributed by atoms with Crippen LogP contribution in [0.3, 0.4) is 0 Å². The van der Waals surface area contributed by atoms with Gasteiger partial charge in [0.25, 0.3) is 0 Å². The first-order valence-corrected chi connectivity index (χ1v) is 8.79. The van der Waals surface area contributed by atoms with Crippen molar-refractivity contribution in [3.63, 3.8) is 0 Å². The van der Waals surface area contributed by atoms with Crippen molar-refractivity contribution in [2.24, 2.45) is 0 Å². The number of alkyl halides is 3. The van der Waals surface area contributed by atoms with Crippen LogP contribution in [0.1, 0.15) is 35.1 Å². The summed E-state index contributed by atoms with van der Waals surface area (Å²) in [6.45, 7) is -0.00933. The van der Waals surface area contributed by atoms with Gasteiger partial charge in [-0.2, -0.15) is 13.2 Å². The zero-order chi connectivity index (χ0) is 19.0. The molecule has 6 heteroatoms. The normalized spacial score (nSPS) is 14.2. The van der Waals surface area contributed by atoms with Gasteiger partial charge in [0.1, 0.15) is 17.9 Å². The Morgan fingerprint density at radius 3 is 2.56 bits per heavy atom. The first-order valence-electron chi connectivity index (χ1n) is 8.79. The summed E-state index contributed by atoms with van der Waals surface area (Å²) < 4.78 is 49.5. The third-order valence-corrected chi connectivity index (χ3v) is 4.85. The molecule has 0 N–H and O–H groups in total. The molecule has 0 atom stereocenters. The van der Waals surface area contributed by atoms with Crippen LogP contribution in [0.2, 0.25) is 0 Å². The summed E-state index contributed by atoms with van der Waals surface area (Å²) in [4.78, 5) is 12.2. The second-order valence-corrected chi connectivity index (χ2v) is 6.70. The molecule has 1 aliphatic rings. The van der Waals surface area contributed by atoms with Gasteiger partial charge in [-0.25, -0.2) is 4.79 Å². The molecule has 4 rings (SSSR count). The minimum atomic E-state index is -4.39. The second kappa shape index (κ2) is 6.76. The topological polar surface area (TPSA) is 39.4 Å². The van der Waals surface area contributed by atoms with Gasteiger partial charge in [0, 0.05) is 17.0 Å². The fourth-order valence-corrected chi connectivity index (χ4v) is 3.52. The Labute approximate surface area is 153 Å². The molecule has 0 unspecified atom stereocenters. The van der Waals surface area contributed by atoms with Crippen molar-refractivity contribution in [2.75, 3.05) is 0 Å². The molecule has 0 radical (unpaired) electrons. The Morgan fingerprint density at radius 1 is 1.00 bits per heavy atom. The minimum Gasteiger partial charge on any atom is -0.489 e. The lowest BCUT2D eigenvalue weighted by Gasteiger charge is -2.16. The maximum absolute atomic E-state index is 12.8. The molecule has 0 fully saturated rings. The lowest BCUT2D eigenvalue weighted by atomic mass is 9.91. The Hall–Kier alpha value is -2.76. The first-order chi connectivity index (χ1) is 12.9. The lowest BCUT2D eigenvalue weighted by molar-refractivity contribution is -0.137. The molecule has 1 aliphatic carbocycles. The van der Waals surface area contributed by atoms with E-state index in [0.717, 1.165) is 54.3 Å². The highest BCUT2D eigenvalue weighted by Crippen LogP contribution is 2.31. The molecule has 140 valence electrons. The molecule has 0 amide bonds. The molecule has 0 saturated heterocycles. The zero-order valence-corrected chi connectivity index (χ0v) is 14.4. The molecule has 0 spiro atoms. The summed E-state index contributed by atoms with van der Waals surface area (Å²) in [6, 6.07) is 10.3. The van der Waals surface area contributed by atoms with Crippen LogP contribution in [0, 0.1) is 0 Å². The van der Waals surface area contributed by atoms with Crippen molar-refractivity contribution in [3.05, 3.63) is 75.1 Å². The molecule has 3 nitrogen and oxygen atoms in total. The summed E-state index contributed by atoms with van der Waals surface area (Å²) in [6.07, 6.45) is -0.772. The number of hydrogen-bond donors (Lipinski definition) is 0. The van der Waals surface area contributed by atoms with E-state index < -0.39 is 11.7 Å². The van der Waals surface area contributed by atoms with Crippen LogP contribution in [0.5, 0.6) is 5.75 Å². The molecular formula is C21H17F3O3. The molecular weight excluding hydrogens is 357 g/mol. The largest absolute Gasteiger partial charge is 0.489 e. The standard InChI is InChI=1S/C21H17F3O3/c22-21(23,24)14-5-3-4-13(10-14)12-26-15-8-9-17-16-6-1-2-7-18(16)20(25)27-19(17)11-15/h3-5,8-11H,1-2,6-7,12H2. The monoisotopic (exact) mass is 374 g/mol. The van der Waals surface area contributed by atoms with E-state index in [-0.39, 0.29) is 12.2 Å². The van der Waals surface area contributed by atoms with Gasteiger partial charge in [-0.15, -0.1) is 0 Å². The van der Waals surface area contributed by atoms with Crippen molar-refractivity contribution in [2.45, 2.75) is 38.5 Å². The number of aryl methyl sites for hydroxylation is 1. The van der Waals surface area contributed by atoms with Crippen LogP contribution >= 0.6 is 0 Å². The fraction of sp³-hybridized carbons (Fsp3) is 0.286. The number of rotatable bonds is 3. The third-order valence-electron chi connectivity index (χ3n) is 4.85. The Balaban J connectivity index is 1.59. The first kappa shape index (κ1) is 17.6. The zero-order valence-electron chi connectivity index (χ0n) is 14.4. The minimum absolute atomic E-state index is 0.00933. The highest BCUT2D eigenvalue weighted by Gasteiger charge is 2.30. The van der Waals surface area contributed by atoms with E-state index in [1.165, 1.54) is 6.07 Å². The van der Waals surface area contributed by atoms with E-state index >= 15 is 0 Å². The molecule has 27 heavy (non-hydrogen) atoms. The Morgan fingerprint density at radius 2 is 1.78 bits per heavy atom. The van der Waals surface area contributed by atoms with E-state index in [1.54, 1.807) is 18.2 Å². The van der Waals surface area contributed by atoms with Crippen LogP contribution in [0.15, 0.2) is 51.7 Å². The van der Waals surface area contributed by atoms with Gasteiger partial charge in [0.2, 0.25) is 0 Å². The van der Waals surface area contributed by atoms with Crippen molar-refractivity contribution in [1.29, 1.82) is 0 Å². The fourth-order valence-electron chi connectivity index (χ4n) is 3.52. The third kappa shape index (κ3) is 3.56. The summed E-state index contributed by atoms with van der Waals surface area (Å²) in [7, 11) is 0. The van der Waals surface area contributed by atoms with E-state index in [1.807, 2.05) is 6.07 Å². The summed E-state index contributed by atoms with van der Waals surface area (Å²) in [5.74, 6) is 0.443. The summed E-state index contributed by atoms with van der Waals surface area (Å²) in [5, 5.41) is 0.899. The van der Waals surface area contributed by atoms with Crippen LogP contribution in [0.25, 0.3) is 11.0 Å². The Bertz CT molecular complexity index is 1050. The van der Waals surface area contributed by atoms with E-state index in [2.05, 4.69) is 0 Å². The molecule has 2 aromatic carbocycles. The van der Waals surface area contributed by atoms with E-state index in [0.29, 0.717) is 16.9 Å². The van der Waals surface area contributed by atoms with Crippen molar-refractivity contribution < 1.29 is 22.3 Å². The number of fused-ring (bicyclic) bond motifs is 3. The van der Waals surface area contributed by atoms with Gasteiger partial charge in [0.05, 0.1) is 5.56 Å². The van der Waals surface area contributed by atoms with Crippen molar-refractivity contribution in [3.8, 4) is 5.75 Å². The van der Waals surface area contributed by atoms with Gasteiger partial charge < -0.3 is 9.15 Å². The maximum Gasteiger partial charge on any atom is 0.416 e. The van der Waals surface area contributed by atoms with Crippen molar-refractivity contribution >= 4 is 11.0 Å². The quantitative estimate of drug-likeness (QED) is 0.587. The average Bonchev–Trinajstić information content (AvgIpc) is 2.66. The molecule has 0 aliphatic heterocycles. The van der Waals surface area contributed by atoms with Gasteiger partial charge in [0.15, 0.2) is 0 Å². The number of hydrogen-bond acceptors (Lipinski definition) is 3. The summed E-state index contributed by atoms with van der Waals surface area (Å²) in [5.41, 5.74) is 1.63. The Kier molecular flexibility index (Phi) is 4.42. The molecule has 1 heterocycles. The predicted octanol–water partition coefficient (Wildman–Crippen LogP) is 5.27. The number of halogens is 3. The molecule has 1 aromatic heterocycles.